The molecule has 202 valence electrons. The molecule has 2 aliphatic heterocycles. The van der Waals surface area contributed by atoms with Crippen molar-refractivity contribution in [2.75, 3.05) is 57.8 Å². The second kappa shape index (κ2) is 12.2. The van der Waals surface area contributed by atoms with Gasteiger partial charge < -0.3 is 20.3 Å². The molecule has 10 heteroatoms. The number of amides is 2. The van der Waals surface area contributed by atoms with Crippen LogP contribution in [0.2, 0.25) is 0 Å². The Morgan fingerprint density at radius 1 is 1.16 bits per heavy atom. The minimum absolute atomic E-state index is 0.0805. The summed E-state index contributed by atoms with van der Waals surface area (Å²) in [7, 11) is 1.38. The molecule has 1 aromatic rings. The van der Waals surface area contributed by atoms with E-state index in [1.54, 1.807) is 0 Å². The Kier molecular flexibility index (Phi) is 9.02. The van der Waals surface area contributed by atoms with Crippen molar-refractivity contribution in [3.63, 3.8) is 0 Å². The Hall–Kier alpha value is -2.72. The number of anilines is 1. The first-order valence-corrected chi connectivity index (χ1v) is 13.7. The SMILES string of the molecule is COC(=O)C1CCC2C(=O)N(CC(=O)NCCCN3CCN(c4cc(C)ccc4C)CC3)C(=S)NC2C1. The highest BCUT2D eigenvalue weighted by Crippen LogP contribution is 2.33. The zero-order valence-electron chi connectivity index (χ0n) is 22.1. The van der Waals surface area contributed by atoms with Gasteiger partial charge in [-0.25, -0.2) is 0 Å². The zero-order valence-corrected chi connectivity index (χ0v) is 22.9. The van der Waals surface area contributed by atoms with Crippen molar-refractivity contribution in [3.05, 3.63) is 29.3 Å². The minimum Gasteiger partial charge on any atom is -0.469 e. The lowest BCUT2D eigenvalue weighted by Gasteiger charge is -2.43. The number of hydrogen-bond acceptors (Lipinski definition) is 7. The lowest BCUT2D eigenvalue weighted by atomic mass is 9.76. The predicted molar refractivity (Wildman–Crippen MR) is 146 cm³/mol. The molecule has 1 aliphatic carbocycles. The molecule has 3 unspecified atom stereocenters. The highest BCUT2D eigenvalue weighted by molar-refractivity contribution is 7.80. The normalized spacial score (nSPS) is 24.4. The van der Waals surface area contributed by atoms with Gasteiger partial charge in [0.1, 0.15) is 6.54 Å². The fraction of sp³-hybridized carbons (Fsp3) is 0.630. The summed E-state index contributed by atoms with van der Waals surface area (Å²) in [5.41, 5.74) is 3.93. The van der Waals surface area contributed by atoms with Crippen LogP contribution in [0.1, 0.15) is 36.8 Å². The molecule has 0 bridgehead atoms. The lowest BCUT2D eigenvalue weighted by Crippen LogP contribution is -2.63. The van der Waals surface area contributed by atoms with E-state index in [0.717, 1.165) is 39.1 Å². The molecule has 37 heavy (non-hydrogen) atoms. The van der Waals surface area contributed by atoms with Crippen LogP contribution in [0.3, 0.4) is 0 Å². The van der Waals surface area contributed by atoms with Crippen molar-refractivity contribution in [1.29, 1.82) is 0 Å². The molecule has 0 spiro atoms. The molecule has 9 nitrogen and oxygen atoms in total. The average Bonchev–Trinajstić information content (AvgIpc) is 2.90. The summed E-state index contributed by atoms with van der Waals surface area (Å²) in [6, 6.07) is 6.42. The largest absolute Gasteiger partial charge is 0.469 e. The molecule has 2 N–H and O–H groups in total. The van der Waals surface area contributed by atoms with Gasteiger partial charge in [0, 0.05) is 44.5 Å². The quantitative estimate of drug-likeness (QED) is 0.298. The molecular formula is C27H39N5O4S. The van der Waals surface area contributed by atoms with Crippen molar-refractivity contribution in [3.8, 4) is 0 Å². The topological polar surface area (TPSA) is 94.2 Å². The molecule has 3 fully saturated rings. The Morgan fingerprint density at radius 3 is 2.65 bits per heavy atom. The molecule has 3 atom stereocenters. The van der Waals surface area contributed by atoms with Gasteiger partial charge >= 0.3 is 5.97 Å². The first-order valence-electron chi connectivity index (χ1n) is 13.3. The monoisotopic (exact) mass is 529 g/mol. The first-order chi connectivity index (χ1) is 17.8. The van der Waals surface area contributed by atoms with Crippen molar-refractivity contribution >= 4 is 40.8 Å². The van der Waals surface area contributed by atoms with Crippen LogP contribution in [0.5, 0.6) is 0 Å². The van der Waals surface area contributed by atoms with Crippen LogP contribution in [-0.2, 0) is 19.1 Å². The highest BCUT2D eigenvalue weighted by Gasteiger charge is 2.44. The van der Waals surface area contributed by atoms with Crippen molar-refractivity contribution < 1.29 is 19.1 Å². The number of rotatable bonds is 8. The maximum atomic E-state index is 13.0. The summed E-state index contributed by atoms with van der Waals surface area (Å²) < 4.78 is 4.86. The number of thiocarbonyl (C=S) groups is 1. The first kappa shape index (κ1) is 27.3. The van der Waals surface area contributed by atoms with Gasteiger partial charge in [0.15, 0.2) is 5.11 Å². The van der Waals surface area contributed by atoms with Crippen LogP contribution in [0.25, 0.3) is 0 Å². The van der Waals surface area contributed by atoms with E-state index < -0.39 is 0 Å². The summed E-state index contributed by atoms with van der Waals surface area (Å²) in [4.78, 5) is 43.8. The third-order valence-corrected chi connectivity index (χ3v) is 8.21. The van der Waals surface area contributed by atoms with Crippen LogP contribution in [-0.4, -0.2) is 91.7 Å². The molecule has 1 aromatic carbocycles. The number of nitrogens with one attached hydrogen (secondary N) is 2. The van der Waals surface area contributed by atoms with E-state index in [4.69, 9.17) is 17.0 Å². The molecule has 2 saturated heterocycles. The number of carbonyl (C=O) groups is 3. The van der Waals surface area contributed by atoms with Gasteiger partial charge in [0.05, 0.1) is 18.9 Å². The number of piperazine rings is 1. The molecule has 4 rings (SSSR count). The van der Waals surface area contributed by atoms with E-state index in [9.17, 15) is 14.4 Å². The third-order valence-electron chi connectivity index (χ3n) is 7.87. The number of ether oxygens (including phenoxy) is 1. The zero-order chi connectivity index (χ0) is 26.5. The van der Waals surface area contributed by atoms with Crippen LogP contribution >= 0.6 is 12.2 Å². The summed E-state index contributed by atoms with van der Waals surface area (Å²) in [5.74, 6) is -1.09. The van der Waals surface area contributed by atoms with Gasteiger partial charge in [-0.1, -0.05) is 12.1 Å². The van der Waals surface area contributed by atoms with Crippen LogP contribution in [0.15, 0.2) is 18.2 Å². The Morgan fingerprint density at radius 2 is 1.92 bits per heavy atom. The third kappa shape index (κ3) is 6.59. The van der Waals surface area contributed by atoms with E-state index in [1.165, 1.54) is 28.8 Å². The predicted octanol–water partition coefficient (Wildman–Crippen LogP) is 1.61. The van der Waals surface area contributed by atoms with Gasteiger partial charge in [-0.05, 0) is 75.5 Å². The van der Waals surface area contributed by atoms with Gasteiger partial charge in [0.2, 0.25) is 11.8 Å². The number of fused-ring (bicyclic) bond motifs is 1. The second-order valence-corrected chi connectivity index (χ2v) is 10.8. The number of aryl methyl sites for hydroxylation is 2. The minimum atomic E-state index is -0.275. The van der Waals surface area contributed by atoms with Gasteiger partial charge in [0.25, 0.3) is 0 Å². The molecule has 3 aliphatic rings. The van der Waals surface area contributed by atoms with Crippen LogP contribution in [0, 0.1) is 25.7 Å². The second-order valence-electron chi connectivity index (χ2n) is 10.4. The molecule has 2 amide bonds. The summed E-state index contributed by atoms with van der Waals surface area (Å²) >= 11 is 5.39. The molecular weight excluding hydrogens is 490 g/mol. The molecule has 0 aromatic heterocycles. The number of esters is 1. The maximum Gasteiger partial charge on any atom is 0.308 e. The number of hydrogen-bond donors (Lipinski definition) is 2. The fourth-order valence-electron chi connectivity index (χ4n) is 5.70. The number of nitrogens with zero attached hydrogens (tertiary/aromatic N) is 3. The van der Waals surface area contributed by atoms with E-state index in [-0.39, 0.29) is 47.3 Å². The van der Waals surface area contributed by atoms with Crippen LogP contribution in [0.4, 0.5) is 5.69 Å². The lowest BCUT2D eigenvalue weighted by molar-refractivity contribution is -0.149. The Labute approximate surface area is 224 Å². The van der Waals surface area contributed by atoms with E-state index >= 15 is 0 Å². The standard InChI is InChI=1S/C27H39N5O4S/c1-18-5-6-19(2)23(15-18)31-13-11-30(12-14-31)10-4-9-28-24(33)17-32-25(34)21-8-7-20(26(35)36-3)16-22(21)29-27(32)37/h5-6,15,20-22H,4,7-14,16-17H2,1-3H3,(H,28,33)(H,29,37). The molecule has 2 heterocycles. The number of benzene rings is 1. The molecule has 1 saturated carbocycles. The van der Waals surface area contributed by atoms with E-state index in [1.807, 2.05) is 0 Å². The maximum absolute atomic E-state index is 13.0. The molecule has 0 radical (unpaired) electrons. The Balaban J connectivity index is 1.16. The summed E-state index contributed by atoms with van der Waals surface area (Å²) in [6.07, 6.45) is 2.55. The van der Waals surface area contributed by atoms with Crippen molar-refractivity contribution in [2.45, 2.75) is 45.6 Å². The van der Waals surface area contributed by atoms with E-state index in [2.05, 4.69) is 52.5 Å². The summed E-state index contributed by atoms with van der Waals surface area (Å²) in [5, 5.41) is 6.38. The smallest absolute Gasteiger partial charge is 0.308 e. The Bertz CT molecular complexity index is 1030. The fourth-order valence-corrected chi connectivity index (χ4v) is 6.00. The highest BCUT2D eigenvalue weighted by atomic mass is 32.1. The number of methoxy groups -OCH3 is 1. The van der Waals surface area contributed by atoms with Gasteiger partial charge in [-0.2, -0.15) is 0 Å². The van der Waals surface area contributed by atoms with Crippen molar-refractivity contribution in [2.24, 2.45) is 11.8 Å². The van der Waals surface area contributed by atoms with Gasteiger partial charge in [-0.3, -0.25) is 24.2 Å². The van der Waals surface area contributed by atoms with E-state index in [0.29, 0.717) is 25.8 Å². The van der Waals surface area contributed by atoms with Gasteiger partial charge in [-0.15, -0.1) is 0 Å². The average molecular weight is 530 g/mol. The van der Waals surface area contributed by atoms with Crippen molar-refractivity contribution in [1.82, 2.24) is 20.4 Å². The summed E-state index contributed by atoms with van der Waals surface area (Å²) in [6.45, 7) is 9.71. The van der Waals surface area contributed by atoms with Crippen LogP contribution < -0.4 is 15.5 Å². The number of carbonyl (C=O) groups excluding carboxylic acids is 3.